The van der Waals surface area contributed by atoms with Crippen molar-refractivity contribution in [1.82, 2.24) is 0 Å². The molecule has 0 aliphatic carbocycles. The summed E-state index contributed by atoms with van der Waals surface area (Å²) in [5.41, 5.74) is 2.03. The molecule has 2 aromatic carbocycles. The van der Waals surface area contributed by atoms with Crippen molar-refractivity contribution >= 4 is 17.4 Å². The van der Waals surface area contributed by atoms with Gasteiger partial charge in [0.05, 0.1) is 0 Å². The number of benzene rings is 2. The first-order chi connectivity index (χ1) is 9.83. The molecule has 1 aliphatic rings. The lowest BCUT2D eigenvalue weighted by Gasteiger charge is -2.11. The molecule has 102 valence electrons. The van der Waals surface area contributed by atoms with E-state index in [1.54, 1.807) is 0 Å². The Kier molecular flexibility index (Phi) is 4.06. The Morgan fingerprint density at radius 1 is 0.900 bits per heavy atom. The summed E-state index contributed by atoms with van der Waals surface area (Å²) in [6.45, 7) is 0. The van der Waals surface area contributed by atoms with Gasteiger partial charge in [-0.15, -0.1) is 0 Å². The minimum absolute atomic E-state index is 0.336. The van der Waals surface area contributed by atoms with Crippen molar-refractivity contribution in [2.75, 3.05) is 0 Å². The summed E-state index contributed by atoms with van der Waals surface area (Å²) in [5.74, 6) is 0. The fourth-order valence-electron chi connectivity index (χ4n) is 2.09. The minimum Gasteiger partial charge on any atom is -0.258 e. The highest BCUT2D eigenvalue weighted by Gasteiger charge is 2.34. The molecule has 3 rings (SSSR count). The molecule has 4 heteroatoms. The standard InChI is InChI=1S/C16H14O3S/c17-20-18-15(12-11-13-7-3-1-4-8-13)16(19-20)14-9-5-2-6-10-14/h1-12,15-16H/b12-11+. The fraction of sp³-hybridized carbons (Fsp3) is 0.125. The van der Waals surface area contributed by atoms with Crippen LogP contribution in [0, 0.1) is 0 Å². The number of hydrogen-bond donors (Lipinski definition) is 0. The molecule has 3 nitrogen and oxygen atoms in total. The molecule has 3 unspecified atom stereocenters. The number of rotatable bonds is 3. The van der Waals surface area contributed by atoms with Gasteiger partial charge in [0, 0.05) is 0 Å². The zero-order valence-corrected chi connectivity index (χ0v) is 11.5. The second kappa shape index (κ2) is 6.13. The molecule has 0 aromatic heterocycles. The average Bonchev–Trinajstić information content (AvgIpc) is 2.88. The summed E-state index contributed by atoms with van der Waals surface area (Å²) in [6, 6.07) is 19.6. The maximum absolute atomic E-state index is 11.5. The first-order valence-corrected chi connectivity index (χ1v) is 7.37. The van der Waals surface area contributed by atoms with Gasteiger partial charge >= 0.3 is 11.4 Å². The van der Waals surface area contributed by atoms with E-state index in [9.17, 15) is 4.21 Å². The largest absolute Gasteiger partial charge is 0.306 e. The molecule has 1 saturated heterocycles. The quantitative estimate of drug-likeness (QED) is 0.867. The van der Waals surface area contributed by atoms with E-state index >= 15 is 0 Å². The van der Waals surface area contributed by atoms with E-state index in [1.165, 1.54) is 0 Å². The van der Waals surface area contributed by atoms with Crippen LogP contribution in [0.5, 0.6) is 0 Å². The Hall–Kier alpha value is -1.75. The van der Waals surface area contributed by atoms with Gasteiger partial charge in [-0.05, 0) is 11.1 Å². The van der Waals surface area contributed by atoms with Gasteiger partial charge in [0.15, 0.2) is 0 Å². The smallest absolute Gasteiger partial charge is 0.258 e. The zero-order chi connectivity index (χ0) is 13.8. The minimum atomic E-state index is -1.69. The Morgan fingerprint density at radius 3 is 2.25 bits per heavy atom. The lowest BCUT2D eigenvalue weighted by molar-refractivity contribution is 0.196. The van der Waals surface area contributed by atoms with Gasteiger partial charge in [0.2, 0.25) is 0 Å². The first kappa shape index (κ1) is 13.2. The maximum atomic E-state index is 11.5. The average molecular weight is 286 g/mol. The Labute approximate surface area is 120 Å². The van der Waals surface area contributed by atoms with Crippen molar-refractivity contribution in [3.05, 3.63) is 77.9 Å². The fourth-order valence-corrected chi connectivity index (χ4v) is 2.88. The van der Waals surface area contributed by atoms with Crippen LogP contribution in [-0.4, -0.2) is 10.3 Å². The highest BCUT2D eigenvalue weighted by atomic mass is 32.2. The van der Waals surface area contributed by atoms with Crippen molar-refractivity contribution in [1.29, 1.82) is 0 Å². The highest BCUT2D eigenvalue weighted by molar-refractivity contribution is 7.75. The molecule has 0 radical (unpaired) electrons. The van der Waals surface area contributed by atoms with Crippen molar-refractivity contribution in [2.45, 2.75) is 12.2 Å². The van der Waals surface area contributed by atoms with Gasteiger partial charge in [-0.3, -0.25) is 8.37 Å². The molecule has 20 heavy (non-hydrogen) atoms. The monoisotopic (exact) mass is 286 g/mol. The molecule has 0 saturated carbocycles. The third kappa shape index (κ3) is 3.04. The van der Waals surface area contributed by atoms with E-state index in [1.807, 2.05) is 72.8 Å². The van der Waals surface area contributed by atoms with Crippen LogP contribution >= 0.6 is 0 Å². The number of hydrogen-bond acceptors (Lipinski definition) is 3. The van der Waals surface area contributed by atoms with Crippen molar-refractivity contribution in [2.24, 2.45) is 0 Å². The van der Waals surface area contributed by atoms with Crippen LogP contribution in [0.15, 0.2) is 66.7 Å². The van der Waals surface area contributed by atoms with Gasteiger partial charge in [-0.1, -0.05) is 72.8 Å². The van der Waals surface area contributed by atoms with Crippen LogP contribution in [0.3, 0.4) is 0 Å². The summed E-state index contributed by atoms with van der Waals surface area (Å²) in [4.78, 5) is 0. The molecule has 1 aliphatic heterocycles. The first-order valence-electron chi connectivity index (χ1n) is 6.37. The molecular weight excluding hydrogens is 272 g/mol. The van der Waals surface area contributed by atoms with E-state index in [0.29, 0.717) is 0 Å². The van der Waals surface area contributed by atoms with E-state index in [-0.39, 0.29) is 12.2 Å². The second-order valence-corrected chi connectivity index (χ2v) is 5.26. The molecule has 0 bridgehead atoms. The molecule has 0 N–H and O–H groups in total. The van der Waals surface area contributed by atoms with Gasteiger partial charge in [0.25, 0.3) is 0 Å². The molecule has 1 heterocycles. The lowest BCUT2D eigenvalue weighted by atomic mass is 10.0. The van der Waals surface area contributed by atoms with Gasteiger partial charge in [-0.2, -0.15) is 4.21 Å². The second-order valence-electron chi connectivity index (χ2n) is 4.46. The van der Waals surface area contributed by atoms with Crippen molar-refractivity contribution in [3.63, 3.8) is 0 Å². The van der Waals surface area contributed by atoms with E-state index < -0.39 is 11.4 Å². The SMILES string of the molecule is O=S1OC(/C=C/c2ccccc2)C(c2ccccc2)O1. The Bertz CT molecular complexity index is 610. The summed E-state index contributed by atoms with van der Waals surface area (Å²) >= 11 is -1.69. The van der Waals surface area contributed by atoms with Gasteiger partial charge < -0.3 is 0 Å². The summed E-state index contributed by atoms with van der Waals surface area (Å²) in [6.07, 6.45) is 3.15. The Balaban J connectivity index is 1.81. The third-order valence-corrected chi connectivity index (χ3v) is 3.82. The van der Waals surface area contributed by atoms with Crippen LogP contribution in [0.1, 0.15) is 17.2 Å². The van der Waals surface area contributed by atoms with Crippen LogP contribution in [0.4, 0.5) is 0 Å². The zero-order valence-electron chi connectivity index (χ0n) is 10.7. The molecule has 0 amide bonds. The van der Waals surface area contributed by atoms with Crippen LogP contribution < -0.4 is 0 Å². The molecule has 1 fully saturated rings. The normalized spacial score (nSPS) is 26.1. The lowest BCUT2D eigenvalue weighted by Crippen LogP contribution is -2.11. The molecular formula is C16H14O3S. The van der Waals surface area contributed by atoms with E-state index in [0.717, 1.165) is 11.1 Å². The van der Waals surface area contributed by atoms with Crippen molar-refractivity contribution < 1.29 is 12.6 Å². The van der Waals surface area contributed by atoms with Crippen LogP contribution in [-0.2, 0) is 19.7 Å². The topological polar surface area (TPSA) is 35.5 Å². The van der Waals surface area contributed by atoms with Gasteiger partial charge in [0.1, 0.15) is 12.2 Å². The highest BCUT2D eigenvalue weighted by Crippen LogP contribution is 2.32. The summed E-state index contributed by atoms with van der Waals surface area (Å²) in [7, 11) is 0. The van der Waals surface area contributed by atoms with Crippen molar-refractivity contribution in [3.8, 4) is 0 Å². The maximum Gasteiger partial charge on any atom is 0.306 e. The predicted molar refractivity (Wildman–Crippen MR) is 78.8 cm³/mol. The van der Waals surface area contributed by atoms with Crippen LogP contribution in [0.25, 0.3) is 6.08 Å². The van der Waals surface area contributed by atoms with Crippen LogP contribution in [0.2, 0.25) is 0 Å². The van der Waals surface area contributed by atoms with E-state index in [4.69, 9.17) is 8.37 Å². The third-order valence-electron chi connectivity index (χ3n) is 3.08. The van der Waals surface area contributed by atoms with Gasteiger partial charge in [-0.25, -0.2) is 0 Å². The molecule has 0 spiro atoms. The predicted octanol–water partition coefficient (Wildman–Crippen LogP) is 3.44. The Morgan fingerprint density at radius 2 is 1.55 bits per heavy atom. The van der Waals surface area contributed by atoms with E-state index in [2.05, 4.69) is 0 Å². The molecule has 2 aromatic rings. The summed E-state index contributed by atoms with van der Waals surface area (Å²) < 4.78 is 22.1. The summed E-state index contributed by atoms with van der Waals surface area (Å²) in [5, 5.41) is 0. The molecule has 3 atom stereocenters.